The van der Waals surface area contributed by atoms with E-state index < -0.39 is 0 Å². The number of hydrogen-bond donors (Lipinski definition) is 2. The van der Waals surface area contributed by atoms with Crippen molar-refractivity contribution >= 4 is 21.6 Å². The van der Waals surface area contributed by atoms with Crippen LogP contribution < -0.4 is 10.2 Å². The smallest absolute Gasteiger partial charge is 0.120 e. The van der Waals surface area contributed by atoms with Gasteiger partial charge in [0.1, 0.15) is 11.5 Å². The largest absolute Gasteiger partial charge is 0.508 e. The van der Waals surface area contributed by atoms with E-state index >= 15 is 0 Å². The summed E-state index contributed by atoms with van der Waals surface area (Å²) in [5.74, 6) is 1.10. The Morgan fingerprint density at radius 3 is 2.71 bits per heavy atom. The summed E-state index contributed by atoms with van der Waals surface area (Å²) in [6.07, 6.45) is 0.732. The van der Waals surface area contributed by atoms with E-state index in [1.807, 2.05) is 36.4 Å². The summed E-state index contributed by atoms with van der Waals surface area (Å²) in [5.41, 5.74) is 5.97. The zero-order chi connectivity index (χ0) is 14.8. The number of halogens is 1. The second-order valence-corrected chi connectivity index (χ2v) is 5.79. The number of methoxy groups -OCH3 is 1. The fourth-order valence-corrected chi connectivity index (χ4v) is 2.77. The molecule has 0 amide bonds. The molecular formula is C16H15BrN2O2. The van der Waals surface area contributed by atoms with E-state index in [0.29, 0.717) is 0 Å². The molecule has 1 atom stereocenters. The summed E-state index contributed by atoms with van der Waals surface area (Å²) in [5, 5.41) is 14.4. The van der Waals surface area contributed by atoms with Gasteiger partial charge in [0.05, 0.1) is 18.9 Å². The van der Waals surface area contributed by atoms with Crippen molar-refractivity contribution in [3.05, 3.63) is 58.1 Å². The van der Waals surface area contributed by atoms with Crippen molar-refractivity contribution in [3.63, 3.8) is 0 Å². The van der Waals surface area contributed by atoms with E-state index in [4.69, 9.17) is 4.74 Å². The Kier molecular flexibility index (Phi) is 3.84. The first kappa shape index (κ1) is 13.9. The molecule has 2 aromatic carbocycles. The molecule has 0 saturated heterocycles. The van der Waals surface area contributed by atoms with E-state index in [0.717, 1.165) is 33.5 Å². The SMILES string of the molecule is COc1ccc(C2=NNC(c3cc(Br)ccc3O)C2)cc1. The number of ether oxygens (including phenoxy) is 1. The Bertz CT molecular complexity index is 683. The lowest BCUT2D eigenvalue weighted by Crippen LogP contribution is -2.10. The summed E-state index contributed by atoms with van der Waals surface area (Å²) in [7, 11) is 1.65. The molecule has 1 heterocycles. The van der Waals surface area contributed by atoms with Gasteiger partial charge in [-0.3, -0.25) is 0 Å². The van der Waals surface area contributed by atoms with Gasteiger partial charge < -0.3 is 15.3 Å². The number of phenolic OH excluding ortho intramolecular Hbond substituents is 1. The third-order valence-electron chi connectivity index (χ3n) is 3.54. The standard InChI is InChI=1S/C16H15BrN2O2/c1-21-12-5-2-10(3-6-12)14-9-15(19-18-14)13-8-11(17)4-7-16(13)20/h2-8,15,19-20H,9H2,1H3. The molecule has 1 aliphatic heterocycles. The van der Waals surface area contributed by atoms with Crippen LogP contribution in [-0.2, 0) is 0 Å². The molecule has 1 unspecified atom stereocenters. The predicted molar refractivity (Wildman–Crippen MR) is 85.8 cm³/mol. The Labute approximate surface area is 131 Å². The molecule has 1 aliphatic rings. The summed E-state index contributed by atoms with van der Waals surface area (Å²) < 4.78 is 6.10. The molecule has 2 aromatic rings. The summed E-state index contributed by atoms with van der Waals surface area (Å²) >= 11 is 3.43. The van der Waals surface area contributed by atoms with Gasteiger partial charge >= 0.3 is 0 Å². The first-order valence-corrected chi connectivity index (χ1v) is 7.41. The fraction of sp³-hybridized carbons (Fsp3) is 0.188. The molecule has 2 N–H and O–H groups in total. The molecule has 5 heteroatoms. The first-order chi connectivity index (χ1) is 10.2. The molecule has 0 fully saturated rings. The van der Waals surface area contributed by atoms with E-state index in [9.17, 15) is 5.11 Å². The van der Waals surface area contributed by atoms with Crippen LogP contribution in [0.5, 0.6) is 11.5 Å². The second kappa shape index (κ2) is 5.77. The highest BCUT2D eigenvalue weighted by atomic mass is 79.9. The maximum atomic E-state index is 9.99. The van der Waals surface area contributed by atoms with Crippen LogP contribution in [0.3, 0.4) is 0 Å². The van der Waals surface area contributed by atoms with Crippen molar-refractivity contribution in [1.82, 2.24) is 5.43 Å². The topological polar surface area (TPSA) is 53.8 Å². The zero-order valence-corrected chi connectivity index (χ0v) is 13.1. The lowest BCUT2D eigenvalue weighted by molar-refractivity contribution is 0.415. The Hall–Kier alpha value is -2.01. The van der Waals surface area contributed by atoms with Crippen LogP contribution in [0.15, 0.2) is 52.0 Å². The van der Waals surface area contributed by atoms with Gasteiger partial charge in [0.25, 0.3) is 0 Å². The van der Waals surface area contributed by atoms with Crippen molar-refractivity contribution in [2.24, 2.45) is 5.10 Å². The van der Waals surface area contributed by atoms with E-state index in [1.165, 1.54) is 0 Å². The van der Waals surface area contributed by atoms with Gasteiger partial charge in [-0.15, -0.1) is 0 Å². The number of aromatic hydroxyl groups is 1. The minimum atomic E-state index is -0.0143. The van der Waals surface area contributed by atoms with Gasteiger partial charge in [-0.25, -0.2) is 0 Å². The zero-order valence-electron chi connectivity index (χ0n) is 11.5. The molecule has 3 rings (SSSR count). The first-order valence-electron chi connectivity index (χ1n) is 6.62. The van der Waals surface area contributed by atoms with Gasteiger partial charge in [-0.1, -0.05) is 15.9 Å². The molecule has 4 nitrogen and oxygen atoms in total. The second-order valence-electron chi connectivity index (χ2n) is 4.88. The van der Waals surface area contributed by atoms with Crippen LogP contribution in [0.1, 0.15) is 23.6 Å². The molecule has 0 aliphatic carbocycles. The average Bonchev–Trinajstić information content (AvgIpc) is 2.99. The molecule has 0 radical (unpaired) electrons. The van der Waals surface area contributed by atoms with Crippen molar-refractivity contribution in [2.75, 3.05) is 7.11 Å². The normalized spacial score (nSPS) is 17.2. The lowest BCUT2D eigenvalue weighted by Gasteiger charge is -2.12. The lowest BCUT2D eigenvalue weighted by atomic mass is 9.98. The van der Waals surface area contributed by atoms with E-state index in [2.05, 4.69) is 26.5 Å². The third kappa shape index (κ3) is 2.88. The minimum absolute atomic E-state index is 0.0143. The van der Waals surface area contributed by atoms with Crippen LogP contribution in [-0.4, -0.2) is 17.9 Å². The number of benzene rings is 2. The maximum Gasteiger partial charge on any atom is 0.120 e. The number of nitrogens with one attached hydrogen (secondary N) is 1. The Balaban J connectivity index is 1.79. The maximum absolute atomic E-state index is 9.99. The van der Waals surface area contributed by atoms with Gasteiger partial charge in [0.15, 0.2) is 0 Å². The quantitative estimate of drug-likeness (QED) is 0.892. The summed E-state index contributed by atoms with van der Waals surface area (Å²) in [6.45, 7) is 0. The number of phenols is 1. The van der Waals surface area contributed by atoms with Crippen molar-refractivity contribution < 1.29 is 9.84 Å². The van der Waals surface area contributed by atoms with Crippen LogP contribution in [0, 0.1) is 0 Å². The van der Waals surface area contributed by atoms with Gasteiger partial charge in [-0.2, -0.15) is 5.10 Å². The fourth-order valence-electron chi connectivity index (χ4n) is 2.39. The van der Waals surface area contributed by atoms with Crippen molar-refractivity contribution in [3.8, 4) is 11.5 Å². The van der Waals surface area contributed by atoms with Crippen LogP contribution in [0.2, 0.25) is 0 Å². The monoisotopic (exact) mass is 346 g/mol. The summed E-state index contributed by atoms with van der Waals surface area (Å²) in [4.78, 5) is 0. The Morgan fingerprint density at radius 2 is 2.00 bits per heavy atom. The van der Waals surface area contributed by atoms with Gasteiger partial charge in [0.2, 0.25) is 0 Å². The van der Waals surface area contributed by atoms with Gasteiger partial charge in [-0.05, 0) is 48.0 Å². The van der Waals surface area contributed by atoms with Crippen molar-refractivity contribution in [1.29, 1.82) is 0 Å². The number of hydrogen-bond acceptors (Lipinski definition) is 4. The number of rotatable bonds is 3. The minimum Gasteiger partial charge on any atom is -0.508 e. The molecule has 0 bridgehead atoms. The van der Waals surface area contributed by atoms with E-state index in [-0.39, 0.29) is 11.8 Å². The highest BCUT2D eigenvalue weighted by molar-refractivity contribution is 9.10. The molecule has 108 valence electrons. The Morgan fingerprint density at radius 1 is 1.24 bits per heavy atom. The number of hydrazone groups is 1. The molecule has 0 saturated carbocycles. The molecule has 21 heavy (non-hydrogen) atoms. The highest BCUT2D eigenvalue weighted by Gasteiger charge is 2.23. The molecule has 0 aromatic heterocycles. The highest BCUT2D eigenvalue weighted by Crippen LogP contribution is 2.32. The van der Waals surface area contributed by atoms with Crippen molar-refractivity contribution in [2.45, 2.75) is 12.5 Å². The summed E-state index contributed by atoms with van der Waals surface area (Å²) in [6, 6.07) is 13.2. The van der Waals surface area contributed by atoms with E-state index in [1.54, 1.807) is 13.2 Å². The van der Waals surface area contributed by atoms with Crippen LogP contribution in [0.25, 0.3) is 0 Å². The third-order valence-corrected chi connectivity index (χ3v) is 4.03. The molecular weight excluding hydrogens is 332 g/mol. The van der Waals surface area contributed by atoms with Crippen LogP contribution in [0.4, 0.5) is 0 Å². The average molecular weight is 347 g/mol. The van der Waals surface area contributed by atoms with Gasteiger partial charge in [0, 0.05) is 16.5 Å². The predicted octanol–water partition coefficient (Wildman–Crippen LogP) is 3.60. The molecule has 0 spiro atoms. The van der Waals surface area contributed by atoms with Crippen LogP contribution >= 0.6 is 15.9 Å². The number of nitrogens with zero attached hydrogens (tertiary/aromatic N) is 1.